The first-order valence-corrected chi connectivity index (χ1v) is 11.8. The normalized spacial score (nSPS) is 15.1. The third-order valence-electron chi connectivity index (χ3n) is 4.25. The number of sulfonamides is 2. The van der Waals surface area contributed by atoms with Gasteiger partial charge in [0.25, 0.3) is 0 Å². The molecule has 1 aliphatic rings. The molecular weight excluding hydrogens is 448 g/mol. The number of nitrogens with one attached hydrogen (secondary N) is 1. The number of primary sulfonamides is 1. The summed E-state index contributed by atoms with van der Waals surface area (Å²) in [6, 6.07) is 5.53. The topological polar surface area (TPSA) is 229 Å². The van der Waals surface area contributed by atoms with Gasteiger partial charge in [0.2, 0.25) is 20.0 Å². The van der Waals surface area contributed by atoms with Crippen molar-refractivity contribution < 1.29 is 21.9 Å². The van der Waals surface area contributed by atoms with Crippen molar-refractivity contribution in [3.63, 3.8) is 0 Å². The number of hydrogen-bond donors (Lipinski definition) is 5. The van der Waals surface area contributed by atoms with Crippen molar-refractivity contribution in [1.29, 1.82) is 0 Å². The highest BCUT2D eigenvalue weighted by atomic mass is 32.2. The number of rotatable bonds is 8. The molecule has 2 aromatic rings. The molecule has 0 bridgehead atoms. The first-order valence-electron chi connectivity index (χ1n) is 8.76. The Bertz CT molecular complexity index is 1260. The number of aliphatic imine (C=N–C) groups is 1. The summed E-state index contributed by atoms with van der Waals surface area (Å²) in [6.45, 7) is -0.685. The van der Waals surface area contributed by atoms with Crippen molar-refractivity contribution in [1.82, 2.24) is 9.71 Å². The van der Waals surface area contributed by atoms with Gasteiger partial charge < -0.3 is 16.6 Å². The lowest BCUT2D eigenvalue weighted by molar-refractivity contribution is 0.186. The summed E-state index contributed by atoms with van der Waals surface area (Å²) in [5.41, 5.74) is 11.4. The van der Waals surface area contributed by atoms with E-state index in [-0.39, 0.29) is 36.0 Å². The Kier molecular flexibility index (Phi) is 6.44. The Labute approximate surface area is 178 Å². The number of amidine groups is 1. The highest BCUT2D eigenvalue weighted by Gasteiger charge is 2.32. The van der Waals surface area contributed by atoms with Crippen molar-refractivity contribution in [2.75, 3.05) is 25.5 Å². The predicted octanol–water partition coefficient (Wildman–Crippen LogP) is -1.25. The first kappa shape index (κ1) is 22.9. The lowest BCUT2D eigenvalue weighted by atomic mass is 10.00. The Morgan fingerprint density at radius 3 is 2.45 bits per heavy atom. The van der Waals surface area contributed by atoms with Crippen molar-refractivity contribution in [3.05, 3.63) is 36.0 Å². The summed E-state index contributed by atoms with van der Waals surface area (Å²) in [5, 5.41) is 22.6. The van der Waals surface area contributed by atoms with Gasteiger partial charge in [0, 0.05) is 24.8 Å². The summed E-state index contributed by atoms with van der Waals surface area (Å²) in [4.78, 5) is 6.67. The van der Waals surface area contributed by atoms with Crippen LogP contribution < -0.4 is 21.3 Å². The molecule has 0 saturated carbocycles. The number of nitrogens with two attached hydrogens (primary N) is 3. The van der Waals surface area contributed by atoms with E-state index in [0.29, 0.717) is 5.56 Å². The summed E-state index contributed by atoms with van der Waals surface area (Å²) < 4.78 is 53.0. The zero-order chi connectivity index (χ0) is 22.8. The van der Waals surface area contributed by atoms with Gasteiger partial charge in [0.1, 0.15) is 15.6 Å². The van der Waals surface area contributed by atoms with Crippen LogP contribution in [0.1, 0.15) is 5.56 Å². The van der Waals surface area contributed by atoms with Gasteiger partial charge in [0.15, 0.2) is 12.5 Å². The molecule has 8 N–H and O–H groups in total. The van der Waals surface area contributed by atoms with Crippen LogP contribution in [0.3, 0.4) is 0 Å². The number of aliphatic hydroxyl groups excluding tert-OH is 1. The third kappa shape index (κ3) is 4.92. The van der Waals surface area contributed by atoms with Crippen LogP contribution in [0, 0.1) is 0 Å². The minimum absolute atomic E-state index is 0.0588. The molecule has 15 heteroatoms. The molecule has 0 radical (unpaired) electrons. The van der Waals surface area contributed by atoms with E-state index in [1.807, 2.05) is 0 Å². The maximum Gasteiger partial charge on any atom is 0.242 e. The largest absolute Gasteiger partial charge is 0.390 e. The Balaban J connectivity index is 2.31. The molecule has 1 aliphatic heterocycles. The molecule has 1 aromatic heterocycles. The second kappa shape index (κ2) is 8.74. The molecule has 0 unspecified atom stereocenters. The van der Waals surface area contributed by atoms with Gasteiger partial charge in [-0.1, -0.05) is 6.07 Å². The SMILES string of the molecule is NC[C@@H](O)CNS(=O)(=O)c1ccc(-c2ccc(N)nc2)c(C2=NCN=N2)c1S(N)(=O)=O. The fraction of sp³-hybridized carbons (Fsp3) is 0.250. The van der Waals surface area contributed by atoms with E-state index >= 15 is 0 Å². The molecule has 0 spiro atoms. The smallest absolute Gasteiger partial charge is 0.242 e. The molecule has 13 nitrogen and oxygen atoms in total. The number of nitrogen functional groups attached to an aromatic ring is 1. The van der Waals surface area contributed by atoms with Crippen LogP contribution in [0.4, 0.5) is 5.82 Å². The van der Waals surface area contributed by atoms with Gasteiger partial charge >= 0.3 is 0 Å². The molecule has 2 heterocycles. The lowest BCUT2D eigenvalue weighted by Crippen LogP contribution is -2.37. The molecule has 0 aliphatic carbocycles. The first-order chi connectivity index (χ1) is 14.5. The second-order valence-electron chi connectivity index (χ2n) is 6.44. The van der Waals surface area contributed by atoms with E-state index in [1.54, 1.807) is 6.07 Å². The van der Waals surface area contributed by atoms with Crippen LogP contribution in [-0.4, -0.2) is 58.6 Å². The predicted molar refractivity (Wildman–Crippen MR) is 112 cm³/mol. The van der Waals surface area contributed by atoms with Crippen LogP contribution in [0.2, 0.25) is 0 Å². The number of nitrogens with zero attached hydrogens (tertiary/aromatic N) is 4. The third-order valence-corrected chi connectivity index (χ3v) is 6.84. The van der Waals surface area contributed by atoms with E-state index in [9.17, 15) is 21.9 Å². The van der Waals surface area contributed by atoms with E-state index < -0.39 is 42.5 Å². The van der Waals surface area contributed by atoms with E-state index in [2.05, 4.69) is 24.9 Å². The van der Waals surface area contributed by atoms with Crippen LogP contribution >= 0.6 is 0 Å². The molecule has 31 heavy (non-hydrogen) atoms. The van der Waals surface area contributed by atoms with E-state index in [4.69, 9.17) is 16.6 Å². The minimum Gasteiger partial charge on any atom is -0.390 e. The number of aromatic nitrogens is 1. The lowest BCUT2D eigenvalue weighted by Gasteiger charge is -2.17. The van der Waals surface area contributed by atoms with E-state index in [1.165, 1.54) is 18.3 Å². The summed E-state index contributed by atoms with van der Waals surface area (Å²) in [5.74, 6) is 0.131. The van der Waals surface area contributed by atoms with Gasteiger partial charge in [-0.2, -0.15) is 5.11 Å². The van der Waals surface area contributed by atoms with Gasteiger partial charge in [-0.25, -0.2) is 36.7 Å². The molecular formula is C16H20N8O5S2. The quantitative estimate of drug-likeness (QED) is 0.313. The van der Waals surface area contributed by atoms with Gasteiger partial charge in [-0.05, 0) is 23.8 Å². The number of azo groups is 1. The van der Waals surface area contributed by atoms with Crippen LogP contribution in [0.25, 0.3) is 11.1 Å². The Morgan fingerprint density at radius 1 is 1.16 bits per heavy atom. The standard InChI is InChI=1S/C16H20N8O5S2/c17-5-10(25)7-23-31(28,29)12-3-2-11(9-1-4-13(18)20-6-9)14(15(12)30(19,26)27)16-21-8-22-24-16/h1-4,6,10,23,25H,5,7-8,17H2,(H2,18,20)(H2,19,26,27)/t10-/m1/s1. The highest BCUT2D eigenvalue weighted by molar-refractivity contribution is 7.92. The molecule has 0 amide bonds. The van der Waals surface area contributed by atoms with Crippen molar-refractivity contribution in [2.24, 2.45) is 26.1 Å². The zero-order valence-electron chi connectivity index (χ0n) is 16.0. The number of benzene rings is 1. The Morgan fingerprint density at radius 2 is 1.90 bits per heavy atom. The van der Waals surface area contributed by atoms with E-state index in [0.717, 1.165) is 6.07 Å². The summed E-state index contributed by atoms with van der Waals surface area (Å²) >= 11 is 0. The summed E-state index contributed by atoms with van der Waals surface area (Å²) in [6.07, 6.45) is 0.220. The molecule has 0 saturated heterocycles. The maximum atomic E-state index is 12.9. The number of pyridine rings is 1. The summed E-state index contributed by atoms with van der Waals surface area (Å²) in [7, 11) is -9.03. The van der Waals surface area contributed by atoms with Crippen molar-refractivity contribution >= 4 is 31.7 Å². The monoisotopic (exact) mass is 468 g/mol. The number of hydrogen-bond acceptors (Lipinski definition) is 11. The Hall–Kier alpha value is -2.82. The van der Waals surface area contributed by atoms with Crippen molar-refractivity contribution in [3.8, 4) is 11.1 Å². The molecule has 0 fully saturated rings. The van der Waals surface area contributed by atoms with Crippen molar-refractivity contribution in [2.45, 2.75) is 15.9 Å². The van der Waals surface area contributed by atoms with Gasteiger partial charge in [-0.3, -0.25) is 0 Å². The number of anilines is 1. The second-order valence-corrected chi connectivity index (χ2v) is 9.67. The number of aliphatic hydroxyl groups is 1. The van der Waals surface area contributed by atoms with Gasteiger partial charge in [-0.15, -0.1) is 5.11 Å². The van der Waals surface area contributed by atoms with Gasteiger partial charge in [0.05, 0.1) is 11.7 Å². The molecule has 3 rings (SSSR count). The fourth-order valence-electron chi connectivity index (χ4n) is 2.81. The average molecular weight is 469 g/mol. The molecule has 1 aromatic carbocycles. The van der Waals surface area contributed by atoms with Crippen LogP contribution in [-0.2, 0) is 20.0 Å². The highest BCUT2D eigenvalue weighted by Crippen LogP contribution is 2.34. The fourth-order valence-corrected chi connectivity index (χ4v) is 5.48. The average Bonchev–Trinajstić information content (AvgIpc) is 3.25. The zero-order valence-corrected chi connectivity index (χ0v) is 17.6. The molecule has 166 valence electrons. The maximum absolute atomic E-state index is 12.9. The van der Waals surface area contributed by atoms with Crippen LogP contribution in [0.5, 0.6) is 0 Å². The minimum atomic E-state index is -4.60. The van der Waals surface area contributed by atoms with Crippen LogP contribution in [0.15, 0.2) is 55.5 Å². The molecule has 1 atom stereocenters.